The fourth-order valence-corrected chi connectivity index (χ4v) is 2.21. The van der Waals surface area contributed by atoms with Crippen LogP contribution in [0.4, 0.5) is 8.78 Å². The summed E-state index contributed by atoms with van der Waals surface area (Å²) in [5, 5.41) is 7.44. The van der Waals surface area contributed by atoms with E-state index in [1.165, 1.54) is 6.39 Å². The van der Waals surface area contributed by atoms with Crippen molar-refractivity contribution in [1.82, 2.24) is 20.2 Å². The molecule has 7 heteroatoms. The number of fused-ring (bicyclic) bond motifs is 1. The SMILES string of the molecule is Fc1cc2nc(-c3ccc(-c4nnco4)cc3)[nH]c2cc1F. The molecule has 1 N–H and O–H groups in total. The second-order valence-electron chi connectivity index (χ2n) is 4.69. The highest BCUT2D eigenvalue weighted by Gasteiger charge is 2.10. The molecule has 0 spiro atoms. The van der Waals surface area contributed by atoms with E-state index in [-0.39, 0.29) is 0 Å². The average molecular weight is 298 g/mol. The van der Waals surface area contributed by atoms with Gasteiger partial charge in [-0.1, -0.05) is 12.1 Å². The van der Waals surface area contributed by atoms with Gasteiger partial charge in [-0.15, -0.1) is 10.2 Å². The molecule has 2 heterocycles. The summed E-state index contributed by atoms with van der Waals surface area (Å²) in [7, 11) is 0. The number of halogens is 2. The Bertz CT molecular complexity index is 907. The molecule has 0 fully saturated rings. The Morgan fingerprint density at radius 1 is 0.955 bits per heavy atom. The molecule has 5 nitrogen and oxygen atoms in total. The second-order valence-corrected chi connectivity index (χ2v) is 4.69. The minimum atomic E-state index is -0.919. The number of H-pyrrole nitrogens is 1. The summed E-state index contributed by atoms with van der Waals surface area (Å²) < 4.78 is 31.6. The number of aromatic amines is 1. The van der Waals surface area contributed by atoms with Crippen molar-refractivity contribution in [1.29, 1.82) is 0 Å². The van der Waals surface area contributed by atoms with E-state index in [9.17, 15) is 8.78 Å². The molecular weight excluding hydrogens is 290 g/mol. The third kappa shape index (κ3) is 2.03. The lowest BCUT2D eigenvalue weighted by molar-refractivity contribution is 0.510. The molecule has 0 aliphatic rings. The van der Waals surface area contributed by atoms with Crippen LogP contribution in [0.1, 0.15) is 0 Å². The first-order valence-corrected chi connectivity index (χ1v) is 6.42. The lowest BCUT2D eigenvalue weighted by atomic mass is 10.1. The Hall–Kier alpha value is -3.09. The molecule has 0 saturated carbocycles. The molecule has 0 amide bonds. The normalized spacial score (nSPS) is 11.2. The fraction of sp³-hybridized carbons (Fsp3) is 0. The summed E-state index contributed by atoms with van der Waals surface area (Å²) in [6, 6.07) is 9.38. The summed E-state index contributed by atoms with van der Waals surface area (Å²) in [4.78, 5) is 7.23. The van der Waals surface area contributed by atoms with E-state index < -0.39 is 11.6 Å². The maximum absolute atomic E-state index is 13.2. The molecule has 108 valence electrons. The lowest BCUT2D eigenvalue weighted by Crippen LogP contribution is -1.82. The van der Waals surface area contributed by atoms with Crippen molar-refractivity contribution in [2.75, 3.05) is 0 Å². The zero-order valence-corrected chi connectivity index (χ0v) is 11.0. The van der Waals surface area contributed by atoms with Crippen LogP contribution in [0.3, 0.4) is 0 Å². The van der Waals surface area contributed by atoms with Crippen molar-refractivity contribution in [2.45, 2.75) is 0 Å². The molecule has 4 rings (SSSR count). The van der Waals surface area contributed by atoms with Crippen molar-refractivity contribution in [3.8, 4) is 22.8 Å². The molecule has 2 aromatic heterocycles. The number of imidazole rings is 1. The number of benzene rings is 2. The van der Waals surface area contributed by atoms with Crippen LogP contribution in [0.2, 0.25) is 0 Å². The first-order valence-electron chi connectivity index (χ1n) is 6.42. The highest BCUT2D eigenvalue weighted by Crippen LogP contribution is 2.25. The van der Waals surface area contributed by atoms with Crippen LogP contribution in [0.15, 0.2) is 47.2 Å². The molecule has 2 aromatic carbocycles. The maximum Gasteiger partial charge on any atom is 0.247 e. The van der Waals surface area contributed by atoms with Gasteiger partial charge in [0.2, 0.25) is 12.3 Å². The monoisotopic (exact) mass is 298 g/mol. The summed E-state index contributed by atoms with van der Waals surface area (Å²) in [5.74, 6) is -0.885. The van der Waals surface area contributed by atoms with Crippen LogP contribution in [0.5, 0.6) is 0 Å². The minimum Gasteiger partial charge on any atom is -0.423 e. The quantitative estimate of drug-likeness (QED) is 0.614. The lowest BCUT2D eigenvalue weighted by Gasteiger charge is -1.98. The predicted octanol–water partition coefficient (Wildman–Crippen LogP) is 3.56. The number of rotatable bonds is 2. The number of aromatic nitrogens is 4. The first kappa shape index (κ1) is 12.6. The Kier molecular flexibility index (Phi) is 2.72. The van der Waals surface area contributed by atoms with E-state index in [2.05, 4.69) is 20.2 Å². The van der Waals surface area contributed by atoms with Crippen LogP contribution in [-0.2, 0) is 0 Å². The molecule has 0 radical (unpaired) electrons. The van der Waals surface area contributed by atoms with E-state index in [0.717, 1.165) is 23.3 Å². The molecule has 22 heavy (non-hydrogen) atoms. The van der Waals surface area contributed by atoms with Crippen molar-refractivity contribution in [2.24, 2.45) is 0 Å². The Labute approximate surface area is 122 Å². The smallest absolute Gasteiger partial charge is 0.247 e. The Balaban J connectivity index is 1.75. The van der Waals surface area contributed by atoms with Gasteiger partial charge in [0.05, 0.1) is 11.0 Å². The van der Waals surface area contributed by atoms with Gasteiger partial charge in [-0.05, 0) is 12.1 Å². The summed E-state index contributed by atoms with van der Waals surface area (Å²) in [6.07, 6.45) is 1.26. The van der Waals surface area contributed by atoms with Crippen LogP contribution >= 0.6 is 0 Å². The highest BCUT2D eigenvalue weighted by molar-refractivity contribution is 5.79. The zero-order valence-electron chi connectivity index (χ0n) is 11.0. The van der Waals surface area contributed by atoms with Crippen LogP contribution in [0.25, 0.3) is 33.9 Å². The maximum atomic E-state index is 13.2. The molecule has 0 aliphatic carbocycles. The zero-order chi connectivity index (χ0) is 15.1. The van der Waals surface area contributed by atoms with E-state index >= 15 is 0 Å². The molecule has 0 saturated heterocycles. The van der Waals surface area contributed by atoms with Crippen LogP contribution in [-0.4, -0.2) is 20.2 Å². The third-order valence-electron chi connectivity index (χ3n) is 3.29. The minimum absolute atomic E-state index is 0.370. The van der Waals surface area contributed by atoms with Crippen LogP contribution in [0, 0.1) is 11.6 Å². The molecule has 4 aromatic rings. The van der Waals surface area contributed by atoms with Crippen molar-refractivity contribution >= 4 is 11.0 Å². The molecule has 0 aliphatic heterocycles. The third-order valence-corrected chi connectivity index (χ3v) is 3.29. The van der Waals surface area contributed by atoms with Gasteiger partial charge in [0.15, 0.2) is 11.6 Å². The first-order chi connectivity index (χ1) is 10.7. The standard InChI is InChI=1S/C15H8F2N4O/c16-10-5-12-13(6-11(10)17)20-14(19-12)8-1-3-9(4-2-8)15-21-18-7-22-15/h1-7H,(H,19,20). The van der Waals surface area contributed by atoms with Gasteiger partial charge in [0, 0.05) is 23.3 Å². The van der Waals surface area contributed by atoms with Gasteiger partial charge in [-0.3, -0.25) is 0 Å². The molecule has 0 bridgehead atoms. The number of hydrogen-bond acceptors (Lipinski definition) is 4. The Morgan fingerprint density at radius 3 is 2.41 bits per heavy atom. The predicted molar refractivity (Wildman–Crippen MR) is 74.7 cm³/mol. The van der Waals surface area contributed by atoms with E-state index in [4.69, 9.17) is 4.42 Å². The van der Waals surface area contributed by atoms with E-state index in [1.807, 2.05) is 12.1 Å². The number of nitrogens with zero attached hydrogens (tertiary/aromatic N) is 3. The largest absolute Gasteiger partial charge is 0.423 e. The summed E-state index contributed by atoms with van der Waals surface area (Å²) in [6.45, 7) is 0. The molecule has 0 atom stereocenters. The fourth-order valence-electron chi connectivity index (χ4n) is 2.21. The van der Waals surface area contributed by atoms with Gasteiger partial charge in [-0.25, -0.2) is 13.8 Å². The van der Waals surface area contributed by atoms with Gasteiger partial charge < -0.3 is 9.40 Å². The van der Waals surface area contributed by atoms with Crippen LogP contribution < -0.4 is 0 Å². The van der Waals surface area contributed by atoms with Crippen molar-refractivity contribution in [3.63, 3.8) is 0 Å². The van der Waals surface area contributed by atoms with Gasteiger partial charge in [0.25, 0.3) is 0 Å². The summed E-state index contributed by atoms with van der Waals surface area (Å²) in [5.41, 5.74) is 2.36. The average Bonchev–Trinajstić information content (AvgIpc) is 3.17. The Morgan fingerprint density at radius 2 is 1.68 bits per heavy atom. The second kappa shape index (κ2) is 4.73. The number of nitrogens with one attached hydrogen (secondary N) is 1. The van der Waals surface area contributed by atoms with E-state index in [1.54, 1.807) is 12.1 Å². The molecular formula is C15H8F2N4O. The number of hydrogen-bond donors (Lipinski definition) is 1. The van der Waals surface area contributed by atoms with Gasteiger partial charge in [-0.2, -0.15) is 0 Å². The van der Waals surface area contributed by atoms with Gasteiger partial charge >= 0.3 is 0 Å². The van der Waals surface area contributed by atoms with E-state index in [0.29, 0.717) is 22.7 Å². The van der Waals surface area contributed by atoms with Crippen molar-refractivity contribution in [3.05, 3.63) is 54.4 Å². The molecule has 0 unspecified atom stereocenters. The van der Waals surface area contributed by atoms with Gasteiger partial charge in [0.1, 0.15) is 5.82 Å². The highest BCUT2D eigenvalue weighted by atomic mass is 19.2. The van der Waals surface area contributed by atoms with Crippen molar-refractivity contribution < 1.29 is 13.2 Å². The summed E-state index contributed by atoms with van der Waals surface area (Å²) >= 11 is 0. The topological polar surface area (TPSA) is 67.6 Å².